The summed E-state index contributed by atoms with van der Waals surface area (Å²) in [5.74, 6) is 5.35. The third-order valence-corrected chi connectivity index (χ3v) is 4.03. The maximum absolute atomic E-state index is 13.0. The molecular formula is C13H18BrFN2O. The molecular weight excluding hydrogens is 299 g/mol. The quantitative estimate of drug-likeness (QED) is 0.648. The minimum absolute atomic E-state index is 0.148. The minimum atomic E-state index is -0.234. The normalized spacial score (nSPS) is 21.2. The summed E-state index contributed by atoms with van der Waals surface area (Å²) in [5.41, 5.74) is 3.88. The van der Waals surface area contributed by atoms with Crippen molar-refractivity contribution in [2.24, 2.45) is 5.84 Å². The van der Waals surface area contributed by atoms with Crippen LogP contribution in [0.4, 0.5) is 4.39 Å². The standard InChI is InChI=1S/C13H18BrFN2O/c14-13-7-10(15)4-3-9(13)6-11(17-16)8-12-2-1-5-18-12/h3-4,7,11-12,17H,1-2,5-6,8,16H2. The lowest BCUT2D eigenvalue weighted by atomic mass is 10.00. The van der Waals surface area contributed by atoms with Crippen molar-refractivity contribution in [1.29, 1.82) is 0 Å². The molecule has 1 fully saturated rings. The summed E-state index contributed by atoms with van der Waals surface area (Å²) >= 11 is 3.38. The van der Waals surface area contributed by atoms with Crippen LogP contribution in [0, 0.1) is 5.82 Å². The van der Waals surface area contributed by atoms with Gasteiger partial charge in [-0.15, -0.1) is 0 Å². The molecule has 2 unspecified atom stereocenters. The number of halogens is 2. The van der Waals surface area contributed by atoms with Crippen molar-refractivity contribution in [3.63, 3.8) is 0 Å². The van der Waals surface area contributed by atoms with Gasteiger partial charge < -0.3 is 4.74 Å². The fourth-order valence-electron chi connectivity index (χ4n) is 2.31. The first-order valence-electron chi connectivity index (χ1n) is 6.20. The zero-order chi connectivity index (χ0) is 13.0. The Bertz CT molecular complexity index is 397. The Hall–Kier alpha value is -0.490. The zero-order valence-corrected chi connectivity index (χ0v) is 11.7. The van der Waals surface area contributed by atoms with Crippen LogP contribution in [0.3, 0.4) is 0 Å². The highest BCUT2D eigenvalue weighted by Crippen LogP contribution is 2.22. The molecule has 1 saturated heterocycles. The van der Waals surface area contributed by atoms with Crippen LogP contribution < -0.4 is 11.3 Å². The topological polar surface area (TPSA) is 47.3 Å². The number of hydrogen-bond donors (Lipinski definition) is 2. The minimum Gasteiger partial charge on any atom is -0.378 e. The van der Waals surface area contributed by atoms with Gasteiger partial charge in [0.25, 0.3) is 0 Å². The number of hydrogen-bond acceptors (Lipinski definition) is 3. The maximum atomic E-state index is 13.0. The number of rotatable bonds is 5. The molecule has 1 heterocycles. The number of ether oxygens (including phenoxy) is 1. The van der Waals surface area contributed by atoms with E-state index in [1.165, 1.54) is 12.1 Å². The second kappa shape index (κ2) is 6.61. The van der Waals surface area contributed by atoms with Gasteiger partial charge in [0.2, 0.25) is 0 Å². The lowest BCUT2D eigenvalue weighted by molar-refractivity contribution is 0.0946. The Kier molecular flexibility index (Phi) is 5.12. The van der Waals surface area contributed by atoms with Gasteiger partial charge >= 0.3 is 0 Å². The summed E-state index contributed by atoms with van der Waals surface area (Å²) in [7, 11) is 0. The van der Waals surface area contributed by atoms with Gasteiger partial charge in [0, 0.05) is 17.1 Å². The fourth-order valence-corrected chi connectivity index (χ4v) is 2.82. The predicted octanol–water partition coefficient (Wildman–Crippen LogP) is 2.53. The van der Waals surface area contributed by atoms with E-state index in [2.05, 4.69) is 21.4 Å². The van der Waals surface area contributed by atoms with Crippen LogP contribution in [0.15, 0.2) is 22.7 Å². The van der Waals surface area contributed by atoms with Crippen LogP contribution >= 0.6 is 15.9 Å². The van der Waals surface area contributed by atoms with E-state index in [-0.39, 0.29) is 11.9 Å². The molecule has 0 amide bonds. The lowest BCUT2D eigenvalue weighted by Crippen LogP contribution is -2.39. The Morgan fingerprint density at radius 3 is 3.00 bits per heavy atom. The first-order chi connectivity index (χ1) is 8.69. The molecule has 2 atom stereocenters. The summed E-state index contributed by atoms with van der Waals surface area (Å²) in [5, 5.41) is 0. The number of nitrogens with one attached hydrogen (secondary N) is 1. The molecule has 0 aromatic heterocycles. The highest BCUT2D eigenvalue weighted by atomic mass is 79.9. The van der Waals surface area contributed by atoms with Crippen LogP contribution in [0.25, 0.3) is 0 Å². The fraction of sp³-hybridized carbons (Fsp3) is 0.538. The van der Waals surface area contributed by atoms with Gasteiger partial charge in [0.1, 0.15) is 5.82 Å². The molecule has 1 aliphatic heterocycles. The molecule has 3 nitrogen and oxygen atoms in total. The van der Waals surface area contributed by atoms with Crippen LogP contribution in [-0.4, -0.2) is 18.8 Å². The summed E-state index contributed by atoms with van der Waals surface area (Å²) < 4.78 is 19.4. The van der Waals surface area contributed by atoms with Crippen molar-refractivity contribution in [2.75, 3.05) is 6.61 Å². The summed E-state index contributed by atoms with van der Waals surface area (Å²) in [4.78, 5) is 0. The van der Waals surface area contributed by atoms with Gasteiger partial charge in [0.05, 0.1) is 6.10 Å². The molecule has 0 saturated carbocycles. The van der Waals surface area contributed by atoms with Crippen LogP contribution in [-0.2, 0) is 11.2 Å². The monoisotopic (exact) mass is 316 g/mol. The zero-order valence-electron chi connectivity index (χ0n) is 10.2. The third kappa shape index (κ3) is 3.75. The summed E-state index contributed by atoms with van der Waals surface area (Å²) in [6.45, 7) is 0.849. The molecule has 18 heavy (non-hydrogen) atoms. The van der Waals surface area contributed by atoms with E-state index in [0.29, 0.717) is 6.10 Å². The molecule has 2 rings (SSSR count). The largest absolute Gasteiger partial charge is 0.378 e. The van der Waals surface area contributed by atoms with E-state index in [1.807, 2.05) is 0 Å². The molecule has 0 spiro atoms. The highest BCUT2D eigenvalue weighted by molar-refractivity contribution is 9.10. The van der Waals surface area contributed by atoms with Gasteiger partial charge in [-0.25, -0.2) is 4.39 Å². The second-order valence-electron chi connectivity index (χ2n) is 4.67. The molecule has 0 aliphatic carbocycles. The Balaban J connectivity index is 1.96. The first-order valence-corrected chi connectivity index (χ1v) is 7.00. The SMILES string of the molecule is NNC(Cc1ccc(F)cc1Br)CC1CCCO1. The number of hydrazine groups is 1. The average molecular weight is 317 g/mol. The second-order valence-corrected chi connectivity index (χ2v) is 5.53. The number of nitrogens with two attached hydrogens (primary N) is 1. The van der Waals surface area contributed by atoms with Crippen molar-refractivity contribution in [2.45, 2.75) is 37.8 Å². The first kappa shape index (κ1) is 13.9. The van der Waals surface area contributed by atoms with E-state index >= 15 is 0 Å². The van der Waals surface area contributed by atoms with Crippen LogP contribution in [0.2, 0.25) is 0 Å². The van der Waals surface area contributed by atoms with Gasteiger partial charge in [-0.05, 0) is 43.4 Å². The van der Waals surface area contributed by atoms with Gasteiger partial charge in [-0.1, -0.05) is 22.0 Å². The molecule has 1 aromatic carbocycles. The molecule has 1 aromatic rings. The van der Waals surface area contributed by atoms with Crippen molar-refractivity contribution < 1.29 is 9.13 Å². The summed E-state index contributed by atoms with van der Waals surface area (Å²) in [6, 6.07) is 4.89. The Morgan fingerprint density at radius 2 is 2.39 bits per heavy atom. The van der Waals surface area contributed by atoms with E-state index in [1.54, 1.807) is 6.07 Å². The van der Waals surface area contributed by atoms with E-state index in [4.69, 9.17) is 10.6 Å². The molecule has 100 valence electrons. The van der Waals surface area contributed by atoms with E-state index in [0.717, 1.165) is 42.3 Å². The van der Waals surface area contributed by atoms with Crippen molar-refractivity contribution >= 4 is 15.9 Å². The molecule has 3 N–H and O–H groups in total. The maximum Gasteiger partial charge on any atom is 0.124 e. The van der Waals surface area contributed by atoms with Gasteiger partial charge in [-0.3, -0.25) is 11.3 Å². The van der Waals surface area contributed by atoms with E-state index < -0.39 is 0 Å². The molecule has 1 aliphatic rings. The molecule has 5 heteroatoms. The Morgan fingerprint density at radius 1 is 1.56 bits per heavy atom. The lowest BCUT2D eigenvalue weighted by Gasteiger charge is -2.20. The summed E-state index contributed by atoms with van der Waals surface area (Å²) in [6.07, 6.45) is 4.17. The van der Waals surface area contributed by atoms with Crippen LogP contribution in [0.1, 0.15) is 24.8 Å². The van der Waals surface area contributed by atoms with Crippen molar-refractivity contribution in [3.8, 4) is 0 Å². The molecule has 0 bridgehead atoms. The van der Waals surface area contributed by atoms with Crippen LogP contribution in [0.5, 0.6) is 0 Å². The molecule has 0 radical (unpaired) electrons. The van der Waals surface area contributed by atoms with Crippen molar-refractivity contribution in [1.82, 2.24) is 5.43 Å². The smallest absolute Gasteiger partial charge is 0.124 e. The van der Waals surface area contributed by atoms with Gasteiger partial charge in [-0.2, -0.15) is 0 Å². The number of benzene rings is 1. The highest BCUT2D eigenvalue weighted by Gasteiger charge is 2.20. The van der Waals surface area contributed by atoms with Gasteiger partial charge in [0.15, 0.2) is 0 Å². The predicted molar refractivity (Wildman–Crippen MR) is 72.5 cm³/mol. The van der Waals surface area contributed by atoms with Crippen molar-refractivity contribution in [3.05, 3.63) is 34.1 Å². The Labute approximate surface area is 115 Å². The third-order valence-electron chi connectivity index (χ3n) is 3.29. The average Bonchev–Trinajstić information content (AvgIpc) is 2.84. The van der Waals surface area contributed by atoms with E-state index in [9.17, 15) is 4.39 Å².